The van der Waals surface area contributed by atoms with Crippen LogP contribution in [-0.2, 0) is 13.1 Å². The highest BCUT2D eigenvalue weighted by molar-refractivity contribution is 5.42. The van der Waals surface area contributed by atoms with E-state index >= 15 is 0 Å². The number of pyridine rings is 2. The van der Waals surface area contributed by atoms with Crippen LogP contribution in [0, 0.1) is 27.7 Å². The van der Waals surface area contributed by atoms with Gasteiger partial charge in [0.05, 0.1) is 25.6 Å². The normalized spacial score (nSPS) is 11.1. The van der Waals surface area contributed by atoms with Crippen molar-refractivity contribution in [2.24, 2.45) is 0 Å². The van der Waals surface area contributed by atoms with Crippen LogP contribution in [0.5, 0.6) is 11.5 Å². The molecule has 0 aliphatic carbocycles. The summed E-state index contributed by atoms with van der Waals surface area (Å²) in [6.07, 6.45) is 6.10. The van der Waals surface area contributed by atoms with Crippen LogP contribution >= 0.6 is 0 Å². The average Bonchev–Trinajstić information content (AvgIpc) is 2.65. The van der Waals surface area contributed by atoms with Crippen molar-refractivity contribution in [3.63, 3.8) is 0 Å². The van der Waals surface area contributed by atoms with Gasteiger partial charge in [-0.3, -0.25) is 14.9 Å². The van der Waals surface area contributed by atoms with Gasteiger partial charge in [-0.1, -0.05) is 13.3 Å². The molecular formula is C22H33N3O2. The number of aromatic nitrogens is 2. The Kier molecular flexibility index (Phi) is 7.60. The molecule has 0 radical (unpaired) electrons. The van der Waals surface area contributed by atoms with E-state index in [2.05, 4.69) is 35.6 Å². The number of hydrogen-bond donors (Lipinski definition) is 0. The summed E-state index contributed by atoms with van der Waals surface area (Å²) in [5.74, 6) is 1.86. The van der Waals surface area contributed by atoms with Crippen LogP contribution in [0.3, 0.4) is 0 Å². The minimum Gasteiger partial charge on any atom is -0.496 e. The molecule has 0 atom stereocenters. The number of methoxy groups -OCH3 is 2. The fraction of sp³-hybridized carbons (Fsp3) is 0.545. The van der Waals surface area contributed by atoms with Gasteiger partial charge < -0.3 is 9.47 Å². The monoisotopic (exact) mass is 371 g/mol. The van der Waals surface area contributed by atoms with Gasteiger partial charge >= 0.3 is 0 Å². The van der Waals surface area contributed by atoms with Gasteiger partial charge in [-0.15, -0.1) is 0 Å². The summed E-state index contributed by atoms with van der Waals surface area (Å²) >= 11 is 0. The van der Waals surface area contributed by atoms with Crippen LogP contribution in [-0.4, -0.2) is 35.6 Å². The third-order valence-electron chi connectivity index (χ3n) is 5.07. The lowest BCUT2D eigenvalue weighted by Gasteiger charge is -2.24. The highest BCUT2D eigenvalue weighted by Crippen LogP contribution is 2.27. The molecule has 2 aromatic rings. The predicted molar refractivity (Wildman–Crippen MR) is 110 cm³/mol. The number of rotatable bonds is 9. The molecule has 0 bridgehead atoms. The largest absolute Gasteiger partial charge is 0.496 e. The topological polar surface area (TPSA) is 47.5 Å². The number of aryl methyl sites for hydroxylation is 2. The summed E-state index contributed by atoms with van der Waals surface area (Å²) in [4.78, 5) is 11.8. The first-order valence-electron chi connectivity index (χ1n) is 9.63. The quantitative estimate of drug-likeness (QED) is 0.648. The second-order valence-electron chi connectivity index (χ2n) is 7.16. The number of unbranched alkanes of at least 4 members (excludes halogenated alkanes) is 1. The molecule has 0 spiro atoms. The Balaban J connectivity index is 2.29. The van der Waals surface area contributed by atoms with Crippen LogP contribution in [0.2, 0.25) is 0 Å². The number of ether oxygens (including phenoxy) is 2. The zero-order chi connectivity index (χ0) is 20.0. The third-order valence-corrected chi connectivity index (χ3v) is 5.07. The average molecular weight is 372 g/mol. The first-order chi connectivity index (χ1) is 12.9. The first kappa shape index (κ1) is 21.2. The Morgan fingerprint density at radius 1 is 0.815 bits per heavy atom. The Hall–Kier alpha value is -2.14. The van der Waals surface area contributed by atoms with Crippen molar-refractivity contribution < 1.29 is 9.47 Å². The van der Waals surface area contributed by atoms with Crippen molar-refractivity contribution in [2.45, 2.75) is 60.5 Å². The third kappa shape index (κ3) is 4.98. The maximum atomic E-state index is 5.57. The molecule has 0 fully saturated rings. The van der Waals surface area contributed by atoms with Crippen molar-refractivity contribution in [3.05, 3.63) is 46.0 Å². The van der Waals surface area contributed by atoms with Crippen molar-refractivity contribution in [2.75, 3.05) is 20.8 Å². The summed E-state index contributed by atoms with van der Waals surface area (Å²) in [6, 6.07) is 0. The van der Waals surface area contributed by atoms with Crippen LogP contribution < -0.4 is 9.47 Å². The lowest BCUT2D eigenvalue weighted by molar-refractivity contribution is 0.244. The van der Waals surface area contributed by atoms with Gasteiger partial charge in [-0.25, -0.2) is 0 Å². The van der Waals surface area contributed by atoms with Crippen LogP contribution in [0.1, 0.15) is 53.4 Å². The Morgan fingerprint density at radius 3 is 1.63 bits per heavy atom. The molecule has 0 amide bonds. The Labute approximate surface area is 163 Å². The molecule has 0 N–H and O–H groups in total. The SMILES string of the molecule is CCCCN(Cc1ncc(C)c(OC)c1C)Cc1ncc(C)c(OC)c1C. The van der Waals surface area contributed by atoms with Crippen molar-refractivity contribution >= 4 is 0 Å². The van der Waals surface area contributed by atoms with Crippen LogP contribution in [0.25, 0.3) is 0 Å². The molecule has 5 heteroatoms. The second kappa shape index (κ2) is 9.70. The second-order valence-corrected chi connectivity index (χ2v) is 7.16. The molecule has 2 heterocycles. The summed E-state index contributed by atoms with van der Waals surface area (Å²) in [5, 5.41) is 0. The van der Waals surface area contributed by atoms with E-state index in [0.717, 1.165) is 77.6 Å². The molecule has 0 unspecified atom stereocenters. The molecule has 0 aliphatic heterocycles. The number of nitrogens with zero attached hydrogens (tertiary/aromatic N) is 3. The molecule has 27 heavy (non-hydrogen) atoms. The lowest BCUT2D eigenvalue weighted by Crippen LogP contribution is -2.26. The van der Waals surface area contributed by atoms with E-state index in [0.29, 0.717) is 0 Å². The molecule has 5 nitrogen and oxygen atoms in total. The summed E-state index contributed by atoms with van der Waals surface area (Å²) in [7, 11) is 3.44. The first-order valence-corrected chi connectivity index (χ1v) is 9.63. The zero-order valence-electron chi connectivity index (χ0n) is 17.8. The molecule has 2 rings (SSSR count). The van der Waals surface area contributed by atoms with Crippen LogP contribution in [0.15, 0.2) is 12.4 Å². The predicted octanol–water partition coefficient (Wildman–Crippen LogP) is 4.53. The molecule has 0 aromatic carbocycles. The highest BCUT2D eigenvalue weighted by atomic mass is 16.5. The smallest absolute Gasteiger partial charge is 0.128 e. The molecule has 148 valence electrons. The van der Waals surface area contributed by atoms with Crippen molar-refractivity contribution in [1.29, 1.82) is 0 Å². The minimum absolute atomic E-state index is 0.778. The van der Waals surface area contributed by atoms with Gasteiger partial charge in [-0.2, -0.15) is 0 Å². The van der Waals surface area contributed by atoms with E-state index in [-0.39, 0.29) is 0 Å². The summed E-state index contributed by atoms with van der Waals surface area (Å²) in [5.41, 5.74) is 6.49. The molecule has 2 aromatic heterocycles. The number of hydrogen-bond acceptors (Lipinski definition) is 5. The fourth-order valence-corrected chi connectivity index (χ4v) is 3.48. The highest BCUT2D eigenvalue weighted by Gasteiger charge is 2.17. The Morgan fingerprint density at radius 2 is 1.26 bits per heavy atom. The van der Waals surface area contributed by atoms with Gasteiger partial charge in [0.1, 0.15) is 11.5 Å². The summed E-state index contributed by atoms with van der Waals surface area (Å²) in [6.45, 7) is 13.0. The maximum absolute atomic E-state index is 5.57. The van der Waals surface area contributed by atoms with E-state index in [9.17, 15) is 0 Å². The van der Waals surface area contributed by atoms with E-state index in [1.165, 1.54) is 0 Å². The van der Waals surface area contributed by atoms with Gasteiger partial charge in [-0.05, 0) is 40.7 Å². The summed E-state index contributed by atoms with van der Waals surface area (Å²) < 4.78 is 11.1. The molecule has 0 saturated carbocycles. The van der Waals surface area contributed by atoms with Gasteiger partial charge in [0.15, 0.2) is 0 Å². The maximum Gasteiger partial charge on any atom is 0.128 e. The standard InChI is InChI=1S/C22H33N3O2/c1-8-9-10-25(13-19-17(4)21(26-6)15(2)11-23-19)14-20-18(5)22(27-7)16(3)12-24-20/h11-12H,8-10,13-14H2,1-7H3. The van der Waals surface area contributed by atoms with E-state index in [1.54, 1.807) is 14.2 Å². The van der Waals surface area contributed by atoms with E-state index < -0.39 is 0 Å². The lowest BCUT2D eigenvalue weighted by atomic mass is 10.1. The minimum atomic E-state index is 0.778. The van der Waals surface area contributed by atoms with E-state index in [4.69, 9.17) is 9.47 Å². The van der Waals surface area contributed by atoms with Crippen molar-refractivity contribution in [3.8, 4) is 11.5 Å². The van der Waals surface area contributed by atoms with Crippen molar-refractivity contribution in [1.82, 2.24) is 14.9 Å². The van der Waals surface area contributed by atoms with E-state index in [1.807, 2.05) is 26.2 Å². The molecule has 0 aliphatic rings. The van der Waals surface area contributed by atoms with Crippen LogP contribution in [0.4, 0.5) is 0 Å². The zero-order valence-corrected chi connectivity index (χ0v) is 17.8. The van der Waals surface area contributed by atoms with Gasteiger partial charge in [0.25, 0.3) is 0 Å². The fourth-order valence-electron chi connectivity index (χ4n) is 3.48. The molecular weight excluding hydrogens is 338 g/mol. The molecule has 0 saturated heterocycles. The van der Waals surface area contributed by atoms with Gasteiger partial charge in [0.2, 0.25) is 0 Å². The van der Waals surface area contributed by atoms with Gasteiger partial charge in [0, 0.05) is 47.7 Å². The Bertz CT molecular complexity index is 713.